The zero-order chi connectivity index (χ0) is 8.55. The molecule has 0 radical (unpaired) electrons. The topological polar surface area (TPSA) is 15.3 Å². The number of nitrogens with zero attached hydrogens (tertiary/aromatic N) is 1. The fraction of sp³-hybridized carbons (Fsp3) is 1.00. The van der Waals surface area contributed by atoms with Crippen LogP contribution >= 0.6 is 0 Å². The fourth-order valence-electron chi connectivity index (χ4n) is 2.76. The van der Waals surface area contributed by atoms with Crippen molar-refractivity contribution in [2.45, 2.75) is 38.8 Å². The molecule has 0 spiro atoms. The van der Waals surface area contributed by atoms with Crippen LogP contribution in [-0.2, 0) is 0 Å². The van der Waals surface area contributed by atoms with Crippen molar-refractivity contribution in [2.24, 2.45) is 5.92 Å². The zero-order valence-corrected chi connectivity index (χ0v) is 8.21. The number of piperidine rings is 1. The summed E-state index contributed by atoms with van der Waals surface area (Å²) in [4.78, 5) is 2.69. The largest absolute Gasteiger partial charge is 0.316 e. The smallest absolute Gasteiger partial charge is 0.0151 e. The summed E-state index contributed by atoms with van der Waals surface area (Å²) < 4.78 is 0. The lowest BCUT2D eigenvalue weighted by Gasteiger charge is -2.34. The lowest BCUT2D eigenvalue weighted by atomic mass is 9.94. The Hall–Kier alpha value is -0.0800. The van der Waals surface area contributed by atoms with Gasteiger partial charge in [-0.05, 0) is 52.2 Å². The van der Waals surface area contributed by atoms with Gasteiger partial charge in [-0.3, -0.25) is 4.90 Å². The van der Waals surface area contributed by atoms with Crippen molar-refractivity contribution >= 4 is 0 Å². The van der Waals surface area contributed by atoms with E-state index >= 15 is 0 Å². The van der Waals surface area contributed by atoms with Crippen molar-refractivity contribution in [1.29, 1.82) is 0 Å². The summed E-state index contributed by atoms with van der Waals surface area (Å²) in [6, 6.07) is 1.64. The molecule has 70 valence electrons. The maximum Gasteiger partial charge on any atom is 0.0151 e. The van der Waals surface area contributed by atoms with E-state index in [1.165, 1.54) is 32.5 Å². The van der Waals surface area contributed by atoms with Gasteiger partial charge in [-0.1, -0.05) is 0 Å². The number of fused-ring (bicyclic) bond motifs is 1. The molecule has 0 aromatic heterocycles. The fourth-order valence-corrected chi connectivity index (χ4v) is 2.76. The van der Waals surface area contributed by atoms with Gasteiger partial charge in [0.05, 0.1) is 0 Å². The Morgan fingerprint density at radius 2 is 2.17 bits per heavy atom. The van der Waals surface area contributed by atoms with E-state index in [4.69, 9.17) is 0 Å². The van der Waals surface area contributed by atoms with Gasteiger partial charge < -0.3 is 5.32 Å². The summed E-state index contributed by atoms with van der Waals surface area (Å²) in [5.74, 6) is 0.946. The highest BCUT2D eigenvalue weighted by Crippen LogP contribution is 2.29. The molecule has 2 fully saturated rings. The van der Waals surface area contributed by atoms with E-state index in [1.807, 2.05) is 0 Å². The molecule has 0 aromatic rings. The first-order chi connectivity index (χ1) is 5.79. The van der Waals surface area contributed by atoms with Gasteiger partial charge in [0.1, 0.15) is 0 Å². The number of likely N-dealkylation sites (tertiary alicyclic amines) is 1. The Bertz CT molecular complexity index is 156. The van der Waals surface area contributed by atoms with Gasteiger partial charge in [0.15, 0.2) is 0 Å². The molecule has 1 N–H and O–H groups in total. The molecule has 0 aromatic carbocycles. The van der Waals surface area contributed by atoms with Crippen molar-refractivity contribution in [1.82, 2.24) is 10.2 Å². The Balaban J connectivity index is 2.01. The molecule has 0 saturated carbocycles. The predicted octanol–water partition coefficient (Wildman–Crippen LogP) is 1.08. The molecule has 2 heteroatoms. The molecule has 2 heterocycles. The maximum absolute atomic E-state index is 3.49. The molecule has 2 rings (SSSR count). The molecule has 0 unspecified atom stereocenters. The summed E-state index contributed by atoms with van der Waals surface area (Å²) in [7, 11) is 0. The third-order valence-corrected chi connectivity index (χ3v) is 3.41. The number of rotatable bonds is 1. The molecular weight excluding hydrogens is 148 g/mol. The average molecular weight is 168 g/mol. The zero-order valence-electron chi connectivity index (χ0n) is 8.21. The first-order valence-corrected chi connectivity index (χ1v) is 5.25. The van der Waals surface area contributed by atoms with E-state index in [0.29, 0.717) is 0 Å². The Morgan fingerprint density at radius 3 is 2.92 bits per heavy atom. The molecular formula is C10H20N2. The van der Waals surface area contributed by atoms with Crippen LogP contribution in [0.1, 0.15) is 26.7 Å². The summed E-state index contributed by atoms with van der Waals surface area (Å²) in [6.07, 6.45) is 2.78. The van der Waals surface area contributed by atoms with Crippen molar-refractivity contribution in [3.05, 3.63) is 0 Å². The lowest BCUT2D eigenvalue weighted by molar-refractivity contribution is 0.156. The lowest BCUT2D eigenvalue weighted by Crippen LogP contribution is -2.45. The van der Waals surface area contributed by atoms with Crippen molar-refractivity contribution in [3.8, 4) is 0 Å². The third kappa shape index (κ3) is 1.38. The van der Waals surface area contributed by atoms with Gasteiger partial charge in [0.2, 0.25) is 0 Å². The van der Waals surface area contributed by atoms with Crippen LogP contribution in [0.15, 0.2) is 0 Å². The maximum atomic E-state index is 3.49. The molecule has 2 saturated heterocycles. The van der Waals surface area contributed by atoms with Crippen molar-refractivity contribution in [2.75, 3.05) is 19.6 Å². The second-order valence-corrected chi connectivity index (χ2v) is 4.44. The molecule has 0 aliphatic carbocycles. The van der Waals surface area contributed by atoms with Crippen LogP contribution in [0.5, 0.6) is 0 Å². The van der Waals surface area contributed by atoms with E-state index in [0.717, 1.165) is 18.0 Å². The van der Waals surface area contributed by atoms with Crippen LogP contribution in [0.4, 0.5) is 0 Å². The number of hydrogen-bond acceptors (Lipinski definition) is 2. The van der Waals surface area contributed by atoms with Crippen LogP contribution in [0, 0.1) is 5.92 Å². The molecule has 2 nitrogen and oxygen atoms in total. The number of nitrogens with one attached hydrogen (secondary N) is 1. The second-order valence-electron chi connectivity index (χ2n) is 4.44. The minimum Gasteiger partial charge on any atom is -0.316 e. The summed E-state index contributed by atoms with van der Waals surface area (Å²) in [5, 5.41) is 3.49. The molecule has 0 bridgehead atoms. The van der Waals surface area contributed by atoms with Gasteiger partial charge in [0, 0.05) is 12.1 Å². The van der Waals surface area contributed by atoms with Gasteiger partial charge in [-0.25, -0.2) is 0 Å². The van der Waals surface area contributed by atoms with Crippen molar-refractivity contribution < 1.29 is 0 Å². The molecule has 2 atom stereocenters. The standard InChI is InChI=1S/C10H20N2/c1-8(2)12-6-4-9-7-11-5-3-10(9)12/h8-11H,3-7H2,1-2H3/t9-,10+/m1/s1. The first kappa shape index (κ1) is 8.52. The highest BCUT2D eigenvalue weighted by Gasteiger charge is 2.36. The molecule has 2 aliphatic heterocycles. The minimum absolute atomic E-state index is 0.748. The Kier molecular flexibility index (Phi) is 2.37. The Morgan fingerprint density at radius 1 is 1.33 bits per heavy atom. The summed E-state index contributed by atoms with van der Waals surface area (Å²) >= 11 is 0. The van der Waals surface area contributed by atoms with Crippen molar-refractivity contribution in [3.63, 3.8) is 0 Å². The van der Waals surface area contributed by atoms with E-state index in [9.17, 15) is 0 Å². The van der Waals surface area contributed by atoms with Crippen LogP contribution in [-0.4, -0.2) is 36.6 Å². The predicted molar refractivity (Wildman–Crippen MR) is 51.2 cm³/mol. The summed E-state index contributed by atoms with van der Waals surface area (Å²) in [6.45, 7) is 8.46. The van der Waals surface area contributed by atoms with E-state index in [2.05, 4.69) is 24.1 Å². The highest BCUT2D eigenvalue weighted by atomic mass is 15.2. The number of hydrogen-bond donors (Lipinski definition) is 1. The van der Waals surface area contributed by atoms with Crippen LogP contribution in [0.3, 0.4) is 0 Å². The van der Waals surface area contributed by atoms with E-state index in [-0.39, 0.29) is 0 Å². The monoisotopic (exact) mass is 168 g/mol. The first-order valence-electron chi connectivity index (χ1n) is 5.25. The normalized spacial score (nSPS) is 37.2. The molecule has 2 aliphatic rings. The average Bonchev–Trinajstić information content (AvgIpc) is 2.47. The summed E-state index contributed by atoms with van der Waals surface area (Å²) in [5.41, 5.74) is 0. The van der Waals surface area contributed by atoms with Crippen LogP contribution in [0.2, 0.25) is 0 Å². The van der Waals surface area contributed by atoms with Gasteiger partial charge in [-0.2, -0.15) is 0 Å². The Labute approximate surface area is 75.3 Å². The quantitative estimate of drug-likeness (QED) is 0.630. The minimum atomic E-state index is 0.748. The molecule has 12 heavy (non-hydrogen) atoms. The van der Waals surface area contributed by atoms with Crippen LogP contribution < -0.4 is 5.32 Å². The highest BCUT2D eigenvalue weighted by molar-refractivity contribution is 4.92. The third-order valence-electron chi connectivity index (χ3n) is 3.41. The van der Waals surface area contributed by atoms with Gasteiger partial charge in [-0.15, -0.1) is 0 Å². The van der Waals surface area contributed by atoms with E-state index in [1.54, 1.807) is 0 Å². The SMILES string of the molecule is CC(C)N1CC[C@@H]2CNCC[C@@H]21. The van der Waals surface area contributed by atoms with E-state index < -0.39 is 0 Å². The molecule has 0 amide bonds. The van der Waals surface area contributed by atoms with Gasteiger partial charge in [0.25, 0.3) is 0 Å². The van der Waals surface area contributed by atoms with Gasteiger partial charge >= 0.3 is 0 Å². The van der Waals surface area contributed by atoms with Crippen LogP contribution in [0.25, 0.3) is 0 Å². The second kappa shape index (κ2) is 3.35.